The third kappa shape index (κ3) is 6.03. The van der Waals surface area contributed by atoms with Gasteiger partial charge in [-0.3, -0.25) is 0 Å². The van der Waals surface area contributed by atoms with E-state index < -0.39 is 0 Å². The highest BCUT2D eigenvalue weighted by Gasteiger charge is 2.14. The van der Waals surface area contributed by atoms with Gasteiger partial charge in [-0.1, -0.05) is 63.9 Å². The molecule has 0 saturated heterocycles. The summed E-state index contributed by atoms with van der Waals surface area (Å²) in [7, 11) is 0. The molecule has 0 N–H and O–H groups in total. The Labute approximate surface area is 202 Å². The van der Waals surface area contributed by atoms with Crippen LogP contribution < -0.4 is 9.47 Å². The van der Waals surface area contributed by atoms with E-state index in [0.717, 1.165) is 21.2 Å². The molecule has 3 aromatic carbocycles. The Morgan fingerprint density at radius 3 is 2.53 bits per heavy atom. The van der Waals surface area contributed by atoms with Gasteiger partial charge in [-0.2, -0.15) is 5.26 Å². The van der Waals surface area contributed by atoms with Crippen LogP contribution in [0.15, 0.2) is 77.8 Å². The molecular formula is C27H23BrClNO2. The van der Waals surface area contributed by atoms with E-state index in [1.807, 2.05) is 73.7 Å². The summed E-state index contributed by atoms with van der Waals surface area (Å²) in [6, 6.07) is 21.4. The summed E-state index contributed by atoms with van der Waals surface area (Å²) in [5, 5.41) is 10.3. The van der Waals surface area contributed by atoms with Crippen LogP contribution in [-0.4, -0.2) is 6.61 Å². The molecule has 0 radical (unpaired) electrons. The lowest BCUT2D eigenvalue weighted by Crippen LogP contribution is -2.03. The molecule has 0 spiro atoms. The van der Waals surface area contributed by atoms with Crippen molar-refractivity contribution in [2.24, 2.45) is 0 Å². The van der Waals surface area contributed by atoms with Gasteiger partial charge in [-0.05, 0) is 60.9 Å². The first-order valence-corrected chi connectivity index (χ1v) is 11.4. The number of allylic oxidation sites excluding steroid dienone is 2. The molecule has 0 fully saturated rings. The maximum atomic E-state index is 9.74. The number of halogens is 2. The lowest BCUT2D eigenvalue weighted by molar-refractivity contribution is 0.267. The average molecular weight is 509 g/mol. The molecule has 3 rings (SSSR count). The molecule has 0 aromatic heterocycles. The zero-order chi connectivity index (χ0) is 22.9. The van der Waals surface area contributed by atoms with Crippen LogP contribution in [0.5, 0.6) is 11.5 Å². The van der Waals surface area contributed by atoms with Crippen LogP contribution in [0, 0.1) is 11.3 Å². The van der Waals surface area contributed by atoms with Crippen molar-refractivity contribution in [3.8, 4) is 17.6 Å². The van der Waals surface area contributed by atoms with Crippen LogP contribution in [0.2, 0.25) is 5.02 Å². The van der Waals surface area contributed by atoms with E-state index >= 15 is 0 Å². The number of ether oxygens (including phenoxy) is 2. The number of hydrogen-bond acceptors (Lipinski definition) is 3. The van der Waals surface area contributed by atoms with Crippen molar-refractivity contribution in [1.82, 2.24) is 0 Å². The van der Waals surface area contributed by atoms with Gasteiger partial charge < -0.3 is 9.47 Å². The molecule has 0 aliphatic heterocycles. The van der Waals surface area contributed by atoms with E-state index in [9.17, 15) is 5.26 Å². The summed E-state index contributed by atoms with van der Waals surface area (Å²) in [6.07, 6.45) is 4.24. The zero-order valence-electron chi connectivity index (χ0n) is 17.8. The first-order chi connectivity index (χ1) is 15.5. The largest absolute Gasteiger partial charge is 0.490 e. The van der Waals surface area contributed by atoms with Crippen molar-refractivity contribution < 1.29 is 9.47 Å². The molecule has 0 bridgehead atoms. The second-order valence-corrected chi connectivity index (χ2v) is 8.32. The Morgan fingerprint density at radius 1 is 1.12 bits per heavy atom. The second kappa shape index (κ2) is 11.6. The van der Waals surface area contributed by atoms with Gasteiger partial charge in [0.25, 0.3) is 0 Å². The molecule has 0 amide bonds. The third-order valence-corrected chi connectivity index (χ3v) is 5.57. The topological polar surface area (TPSA) is 42.2 Å². The summed E-state index contributed by atoms with van der Waals surface area (Å²) in [4.78, 5) is 0. The first kappa shape index (κ1) is 23.7. The van der Waals surface area contributed by atoms with Gasteiger partial charge in [-0.15, -0.1) is 6.58 Å². The maximum absolute atomic E-state index is 9.74. The molecule has 3 nitrogen and oxygen atoms in total. The Bertz CT molecular complexity index is 1160. The van der Waals surface area contributed by atoms with Gasteiger partial charge in [0.2, 0.25) is 0 Å². The van der Waals surface area contributed by atoms with Crippen LogP contribution >= 0.6 is 27.5 Å². The second-order valence-electron chi connectivity index (χ2n) is 7.00. The molecule has 5 heteroatoms. The van der Waals surface area contributed by atoms with E-state index in [-0.39, 0.29) is 0 Å². The van der Waals surface area contributed by atoms with Crippen molar-refractivity contribution in [3.63, 3.8) is 0 Å². The Balaban J connectivity index is 2.01. The molecule has 0 aliphatic carbocycles. The highest BCUT2D eigenvalue weighted by atomic mass is 79.9. The van der Waals surface area contributed by atoms with Crippen molar-refractivity contribution in [2.75, 3.05) is 6.61 Å². The van der Waals surface area contributed by atoms with Gasteiger partial charge in [0.1, 0.15) is 6.61 Å². The molecule has 0 saturated carbocycles. The molecule has 0 heterocycles. The van der Waals surface area contributed by atoms with E-state index in [4.69, 9.17) is 21.1 Å². The Morgan fingerprint density at radius 2 is 1.88 bits per heavy atom. The fourth-order valence-electron chi connectivity index (χ4n) is 3.25. The molecular weight excluding hydrogens is 486 g/mol. The summed E-state index contributed by atoms with van der Waals surface area (Å²) >= 11 is 9.76. The summed E-state index contributed by atoms with van der Waals surface area (Å²) in [6.45, 7) is 6.71. The first-order valence-electron chi connectivity index (χ1n) is 10.2. The average Bonchev–Trinajstić information content (AvgIpc) is 2.79. The van der Waals surface area contributed by atoms with Crippen molar-refractivity contribution in [3.05, 3.63) is 105 Å². The highest BCUT2D eigenvalue weighted by molar-refractivity contribution is 9.10. The van der Waals surface area contributed by atoms with E-state index in [0.29, 0.717) is 47.3 Å². The number of benzene rings is 3. The predicted molar refractivity (Wildman–Crippen MR) is 135 cm³/mol. The van der Waals surface area contributed by atoms with Gasteiger partial charge in [0.05, 0.1) is 18.2 Å². The smallest absolute Gasteiger partial charge is 0.165 e. The number of nitrogens with zero attached hydrogens (tertiary/aromatic N) is 1. The zero-order valence-corrected chi connectivity index (χ0v) is 20.1. The quantitative estimate of drug-likeness (QED) is 0.168. The monoisotopic (exact) mass is 507 g/mol. The van der Waals surface area contributed by atoms with Gasteiger partial charge in [0, 0.05) is 20.6 Å². The van der Waals surface area contributed by atoms with Gasteiger partial charge >= 0.3 is 0 Å². The molecule has 162 valence electrons. The molecule has 3 aromatic rings. The van der Waals surface area contributed by atoms with Crippen molar-refractivity contribution >= 4 is 39.2 Å². The van der Waals surface area contributed by atoms with Crippen LogP contribution in [0.1, 0.15) is 29.2 Å². The van der Waals surface area contributed by atoms with Gasteiger partial charge in [-0.25, -0.2) is 0 Å². The fourth-order valence-corrected chi connectivity index (χ4v) is 3.76. The maximum Gasteiger partial charge on any atom is 0.165 e. The minimum Gasteiger partial charge on any atom is -0.490 e. The Kier molecular flexibility index (Phi) is 8.56. The third-order valence-electron chi connectivity index (χ3n) is 4.71. The van der Waals surface area contributed by atoms with Gasteiger partial charge in [0.15, 0.2) is 11.5 Å². The van der Waals surface area contributed by atoms with E-state index in [2.05, 4.69) is 28.6 Å². The lowest BCUT2D eigenvalue weighted by atomic mass is 10.0. The minimum absolute atomic E-state index is 0.412. The van der Waals surface area contributed by atoms with Crippen LogP contribution in [0.25, 0.3) is 11.6 Å². The van der Waals surface area contributed by atoms with Crippen molar-refractivity contribution in [2.45, 2.75) is 20.0 Å². The normalized spacial score (nSPS) is 11.0. The summed E-state index contributed by atoms with van der Waals surface area (Å²) < 4.78 is 13.1. The molecule has 0 aliphatic rings. The minimum atomic E-state index is 0.412. The summed E-state index contributed by atoms with van der Waals surface area (Å²) in [5.41, 5.74) is 3.99. The molecule has 0 unspecified atom stereocenters. The van der Waals surface area contributed by atoms with Crippen LogP contribution in [0.3, 0.4) is 0 Å². The SMILES string of the molecule is C=CCc1cc(C=C(C#N)c2ccccc2Cl)cc(OCC)c1OCc1ccc(Br)cc1. The highest BCUT2D eigenvalue weighted by Crippen LogP contribution is 2.36. The number of nitriles is 1. The number of hydrogen-bond donors (Lipinski definition) is 0. The van der Waals surface area contributed by atoms with E-state index in [1.54, 1.807) is 6.07 Å². The molecule has 32 heavy (non-hydrogen) atoms. The van der Waals surface area contributed by atoms with Crippen LogP contribution in [0.4, 0.5) is 0 Å². The van der Waals surface area contributed by atoms with Crippen LogP contribution in [-0.2, 0) is 13.0 Å². The number of rotatable bonds is 9. The lowest BCUT2D eigenvalue weighted by Gasteiger charge is -2.17. The summed E-state index contributed by atoms with van der Waals surface area (Å²) in [5.74, 6) is 1.31. The fraction of sp³-hybridized carbons (Fsp3) is 0.148. The standard InChI is InChI=1S/C27H23BrClNO2/c1-3-7-21-14-20(15-22(17-30)24-8-5-6-9-25(24)29)16-26(31-4-2)27(21)32-18-19-10-12-23(28)13-11-19/h3,5-6,8-16H,1,4,7,18H2,2H3. The Hall–Kier alpha value is -3.00. The molecule has 0 atom stereocenters. The van der Waals surface area contributed by atoms with E-state index in [1.165, 1.54) is 0 Å². The predicted octanol–water partition coefficient (Wildman–Crippen LogP) is 7.87. The van der Waals surface area contributed by atoms with Crippen molar-refractivity contribution in [1.29, 1.82) is 5.26 Å².